The Labute approximate surface area is 121 Å². The molecular weight excluding hydrogens is 336 g/mol. The zero-order valence-corrected chi connectivity index (χ0v) is 12.1. The number of hydrogen-bond acceptors (Lipinski definition) is 3. The molecule has 1 amide bonds. The number of rotatable bonds is 2. The smallest absolute Gasteiger partial charge is 0.265 e. The number of halogens is 2. The fourth-order valence-corrected chi connectivity index (χ4v) is 2.64. The molecule has 0 aliphatic heterocycles. The summed E-state index contributed by atoms with van der Waals surface area (Å²) in [7, 11) is 0. The van der Waals surface area contributed by atoms with E-state index in [0.29, 0.717) is 20.5 Å². The van der Waals surface area contributed by atoms with Crippen molar-refractivity contribution < 1.29 is 4.79 Å². The Morgan fingerprint density at radius 1 is 1.39 bits per heavy atom. The number of anilines is 1. The molecule has 2 rings (SSSR count). The number of carbonyl (C=O) groups excluding carboxylic acids is 1. The molecule has 18 heavy (non-hydrogen) atoms. The first kappa shape index (κ1) is 13.1. The lowest BCUT2D eigenvalue weighted by atomic mass is 10.2. The lowest BCUT2D eigenvalue weighted by Gasteiger charge is -2.06. The summed E-state index contributed by atoms with van der Waals surface area (Å²) in [6.07, 6.45) is 0. The highest BCUT2D eigenvalue weighted by Gasteiger charge is 2.11. The van der Waals surface area contributed by atoms with Gasteiger partial charge in [0.25, 0.3) is 5.91 Å². The maximum Gasteiger partial charge on any atom is 0.265 e. The van der Waals surface area contributed by atoms with E-state index in [4.69, 9.17) is 16.9 Å². The molecule has 90 valence electrons. The summed E-state index contributed by atoms with van der Waals surface area (Å²) in [6.45, 7) is 0. The molecule has 1 aromatic carbocycles. The second kappa shape index (κ2) is 5.53. The van der Waals surface area contributed by atoms with Crippen molar-refractivity contribution in [2.24, 2.45) is 0 Å². The number of hydrogen-bond donors (Lipinski definition) is 1. The molecular formula is C12H6BrClN2OS. The molecule has 0 saturated heterocycles. The van der Waals surface area contributed by atoms with Gasteiger partial charge in [0.2, 0.25) is 0 Å². The van der Waals surface area contributed by atoms with Crippen LogP contribution in [0.15, 0.2) is 34.8 Å². The molecule has 0 saturated carbocycles. The molecule has 0 atom stereocenters. The number of amides is 1. The van der Waals surface area contributed by atoms with Crippen LogP contribution in [0.1, 0.15) is 15.2 Å². The third kappa shape index (κ3) is 2.91. The van der Waals surface area contributed by atoms with Gasteiger partial charge in [-0.25, -0.2) is 0 Å². The first-order valence-corrected chi connectivity index (χ1v) is 6.85. The molecule has 6 heteroatoms. The number of carbonyl (C=O) groups is 1. The first-order valence-electron chi connectivity index (χ1n) is 4.86. The molecule has 0 unspecified atom stereocenters. The molecule has 3 nitrogen and oxygen atoms in total. The third-order valence-corrected chi connectivity index (χ3v) is 3.87. The average Bonchev–Trinajstić information content (AvgIpc) is 2.76. The second-order valence-corrected chi connectivity index (χ2v) is 5.99. The van der Waals surface area contributed by atoms with Crippen molar-refractivity contribution in [3.8, 4) is 6.07 Å². The lowest BCUT2D eigenvalue weighted by molar-refractivity contribution is 0.103. The quantitative estimate of drug-likeness (QED) is 0.886. The Morgan fingerprint density at radius 3 is 2.78 bits per heavy atom. The summed E-state index contributed by atoms with van der Waals surface area (Å²) in [4.78, 5) is 12.4. The van der Waals surface area contributed by atoms with E-state index in [-0.39, 0.29) is 5.91 Å². The van der Waals surface area contributed by atoms with Crippen LogP contribution in [0, 0.1) is 11.3 Å². The van der Waals surface area contributed by atoms with E-state index in [1.807, 2.05) is 6.07 Å². The largest absolute Gasteiger partial charge is 0.320 e. The van der Waals surface area contributed by atoms with Gasteiger partial charge in [0.1, 0.15) is 6.07 Å². The van der Waals surface area contributed by atoms with Gasteiger partial charge in [-0.2, -0.15) is 5.26 Å². The van der Waals surface area contributed by atoms with E-state index in [1.54, 1.807) is 30.3 Å². The highest BCUT2D eigenvalue weighted by Crippen LogP contribution is 2.25. The second-order valence-electron chi connectivity index (χ2n) is 3.36. The number of benzene rings is 1. The normalized spacial score (nSPS) is 9.83. The molecule has 2 aromatic rings. The van der Waals surface area contributed by atoms with E-state index in [1.165, 1.54) is 11.3 Å². The fraction of sp³-hybridized carbons (Fsp3) is 0. The van der Waals surface area contributed by atoms with Gasteiger partial charge >= 0.3 is 0 Å². The van der Waals surface area contributed by atoms with Crippen LogP contribution in [-0.2, 0) is 0 Å². The number of thiophene rings is 1. The Kier molecular flexibility index (Phi) is 4.02. The summed E-state index contributed by atoms with van der Waals surface area (Å²) < 4.78 is 1.34. The van der Waals surface area contributed by atoms with Crippen LogP contribution in [0.2, 0.25) is 4.34 Å². The van der Waals surface area contributed by atoms with E-state index < -0.39 is 0 Å². The average molecular weight is 342 g/mol. The van der Waals surface area contributed by atoms with Gasteiger partial charge in [-0.1, -0.05) is 27.5 Å². The molecule has 0 aliphatic carbocycles. The fourth-order valence-electron chi connectivity index (χ4n) is 1.34. The van der Waals surface area contributed by atoms with Crippen LogP contribution >= 0.6 is 38.9 Å². The van der Waals surface area contributed by atoms with Gasteiger partial charge in [0.05, 0.1) is 20.5 Å². The third-order valence-electron chi connectivity index (χ3n) is 2.15. The van der Waals surface area contributed by atoms with Crippen molar-refractivity contribution in [2.45, 2.75) is 0 Å². The Balaban J connectivity index is 2.27. The van der Waals surface area contributed by atoms with Crippen molar-refractivity contribution in [1.29, 1.82) is 5.26 Å². The number of nitrogens with zero attached hydrogens (tertiary/aromatic N) is 1. The van der Waals surface area contributed by atoms with Gasteiger partial charge in [0.15, 0.2) is 0 Å². The summed E-state index contributed by atoms with van der Waals surface area (Å²) in [6, 6.07) is 10.4. The van der Waals surface area contributed by atoms with Gasteiger partial charge in [-0.05, 0) is 30.3 Å². The van der Waals surface area contributed by atoms with Gasteiger partial charge in [-0.3, -0.25) is 4.79 Å². The van der Waals surface area contributed by atoms with Gasteiger partial charge in [0, 0.05) is 4.47 Å². The highest BCUT2D eigenvalue weighted by atomic mass is 79.9. The maximum absolute atomic E-state index is 11.9. The molecule has 1 N–H and O–H groups in total. The van der Waals surface area contributed by atoms with E-state index in [2.05, 4.69) is 21.2 Å². The molecule has 0 spiro atoms. The van der Waals surface area contributed by atoms with Gasteiger partial charge in [-0.15, -0.1) is 11.3 Å². The van der Waals surface area contributed by atoms with E-state index in [9.17, 15) is 4.79 Å². The molecule has 0 aliphatic rings. The van der Waals surface area contributed by atoms with Crippen LogP contribution in [0.25, 0.3) is 0 Å². The van der Waals surface area contributed by atoms with Crippen molar-refractivity contribution in [3.05, 3.63) is 49.6 Å². The number of nitriles is 1. The Morgan fingerprint density at radius 2 is 2.17 bits per heavy atom. The maximum atomic E-state index is 11.9. The summed E-state index contributed by atoms with van der Waals surface area (Å²) in [5.74, 6) is -0.276. The summed E-state index contributed by atoms with van der Waals surface area (Å²) in [5.41, 5.74) is 0.885. The summed E-state index contributed by atoms with van der Waals surface area (Å²) >= 11 is 10.3. The molecule has 1 heterocycles. The van der Waals surface area contributed by atoms with Crippen molar-refractivity contribution in [2.75, 3.05) is 5.32 Å². The van der Waals surface area contributed by atoms with Crippen LogP contribution in [0.4, 0.5) is 5.69 Å². The molecule has 1 aromatic heterocycles. The van der Waals surface area contributed by atoms with Crippen LogP contribution in [-0.4, -0.2) is 5.91 Å². The monoisotopic (exact) mass is 340 g/mol. The topological polar surface area (TPSA) is 52.9 Å². The van der Waals surface area contributed by atoms with Gasteiger partial charge < -0.3 is 5.32 Å². The minimum absolute atomic E-state index is 0.276. The van der Waals surface area contributed by atoms with Crippen molar-refractivity contribution in [1.82, 2.24) is 0 Å². The highest BCUT2D eigenvalue weighted by molar-refractivity contribution is 9.10. The number of nitrogens with one attached hydrogen (secondary N) is 1. The molecule has 0 fully saturated rings. The Bertz CT molecular complexity index is 648. The first-order chi connectivity index (χ1) is 8.60. The minimum atomic E-state index is -0.276. The predicted octanol–water partition coefficient (Wildman–Crippen LogP) is 4.29. The van der Waals surface area contributed by atoms with Crippen molar-refractivity contribution >= 4 is 50.5 Å². The zero-order valence-electron chi connectivity index (χ0n) is 8.91. The van der Waals surface area contributed by atoms with Crippen LogP contribution in [0.3, 0.4) is 0 Å². The van der Waals surface area contributed by atoms with Crippen LogP contribution in [0.5, 0.6) is 0 Å². The zero-order chi connectivity index (χ0) is 13.1. The lowest BCUT2D eigenvalue weighted by Crippen LogP contribution is -2.11. The predicted molar refractivity (Wildman–Crippen MR) is 76.1 cm³/mol. The summed E-state index contributed by atoms with van der Waals surface area (Å²) in [5, 5.41) is 11.7. The van der Waals surface area contributed by atoms with Crippen LogP contribution < -0.4 is 5.32 Å². The van der Waals surface area contributed by atoms with Crippen molar-refractivity contribution in [3.63, 3.8) is 0 Å². The van der Waals surface area contributed by atoms with E-state index in [0.717, 1.165) is 4.47 Å². The molecule has 0 bridgehead atoms. The van der Waals surface area contributed by atoms with E-state index >= 15 is 0 Å². The Hall–Kier alpha value is -1.35. The standard InChI is InChI=1S/C12H6BrClN2OS/c13-8-2-1-7(6-15)9(5-8)16-12(17)10-3-4-11(14)18-10/h1-5H,(H,16,17). The minimum Gasteiger partial charge on any atom is -0.320 e. The SMILES string of the molecule is N#Cc1ccc(Br)cc1NC(=O)c1ccc(Cl)s1. The molecule has 0 radical (unpaired) electrons.